The van der Waals surface area contributed by atoms with Crippen molar-refractivity contribution >= 4 is 17.3 Å². The molecular weight excluding hydrogens is 278 g/mol. The van der Waals surface area contributed by atoms with Crippen molar-refractivity contribution in [3.63, 3.8) is 0 Å². The largest absolute Gasteiger partial charge is 0.394 e. The third-order valence-electron chi connectivity index (χ3n) is 3.08. The molecule has 2 rings (SSSR count). The van der Waals surface area contributed by atoms with Crippen LogP contribution in [-0.4, -0.2) is 36.5 Å². The minimum absolute atomic E-state index is 0.0489. The van der Waals surface area contributed by atoms with Crippen LogP contribution in [0.4, 0.5) is 17.3 Å². The maximum absolute atomic E-state index is 8.65. The van der Waals surface area contributed by atoms with Crippen molar-refractivity contribution in [1.82, 2.24) is 4.98 Å². The van der Waals surface area contributed by atoms with Gasteiger partial charge in [-0.25, -0.2) is 4.98 Å². The molecule has 1 aromatic heterocycles. The van der Waals surface area contributed by atoms with E-state index in [9.17, 15) is 0 Å². The Kier molecular flexibility index (Phi) is 6.18. The van der Waals surface area contributed by atoms with Gasteiger partial charge in [-0.2, -0.15) is 0 Å². The number of hydrogen-bond donors (Lipinski definition) is 3. The van der Waals surface area contributed by atoms with Gasteiger partial charge >= 0.3 is 0 Å². The molecule has 118 valence electrons. The number of ether oxygens (including phenoxy) is 1. The molecule has 1 heterocycles. The third-order valence-corrected chi connectivity index (χ3v) is 3.08. The maximum atomic E-state index is 8.65. The quantitative estimate of drug-likeness (QED) is 0.654. The summed E-state index contributed by atoms with van der Waals surface area (Å²) in [6.07, 6.45) is 0. The van der Waals surface area contributed by atoms with Gasteiger partial charge < -0.3 is 20.5 Å². The lowest BCUT2D eigenvalue weighted by atomic mass is 10.2. The number of aryl methyl sites for hydroxylation is 2. The number of pyridine rings is 1. The second kappa shape index (κ2) is 8.36. The van der Waals surface area contributed by atoms with E-state index < -0.39 is 0 Å². The molecule has 0 radical (unpaired) electrons. The van der Waals surface area contributed by atoms with Crippen LogP contribution in [0.1, 0.15) is 11.1 Å². The van der Waals surface area contributed by atoms with Crippen LogP contribution in [0.2, 0.25) is 0 Å². The summed E-state index contributed by atoms with van der Waals surface area (Å²) < 4.78 is 5.22. The highest BCUT2D eigenvalue weighted by Crippen LogP contribution is 2.19. The molecule has 0 aliphatic heterocycles. The highest BCUT2D eigenvalue weighted by molar-refractivity contribution is 5.59. The van der Waals surface area contributed by atoms with Crippen molar-refractivity contribution in [2.24, 2.45) is 0 Å². The molecule has 0 unspecified atom stereocenters. The molecule has 2 aromatic rings. The Bertz CT molecular complexity index is 585. The zero-order valence-electron chi connectivity index (χ0n) is 13.1. The van der Waals surface area contributed by atoms with E-state index in [0.717, 1.165) is 22.9 Å². The first-order chi connectivity index (χ1) is 10.7. The Labute approximate surface area is 131 Å². The molecule has 0 spiro atoms. The predicted molar refractivity (Wildman–Crippen MR) is 89.8 cm³/mol. The van der Waals surface area contributed by atoms with Crippen molar-refractivity contribution in [3.05, 3.63) is 47.5 Å². The van der Waals surface area contributed by atoms with Gasteiger partial charge in [0.05, 0.1) is 19.8 Å². The van der Waals surface area contributed by atoms with Crippen LogP contribution in [0.25, 0.3) is 0 Å². The smallest absolute Gasteiger partial charge is 0.133 e. The summed E-state index contributed by atoms with van der Waals surface area (Å²) in [5.74, 6) is 1.62. The minimum atomic E-state index is 0.0489. The van der Waals surface area contributed by atoms with Gasteiger partial charge in [0.25, 0.3) is 0 Å². The van der Waals surface area contributed by atoms with Gasteiger partial charge in [-0.1, -0.05) is 17.7 Å². The lowest BCUT2D eigenvalue weighted by Gasteiger charge is -2.11. The standard InChI is InChI=1S/C17H23N3O2/c1-13-3-5-15(6-4-13)19-17-12-14(2)11-16(20-17)18-7-9-22-10-8-21/h3-6,11-12,21H,7-10H2,1-2H3,(H2,18,19,20). The second-order valence-electron chi connectivity index (χ2n) is 5.17. The highest BCUT2D eigenvalue weighted by atomic mass is 16.5. The summed E-state index contributed by atoms with van der Waals surface area (Å²) in [5.41, 5.74) is 3.37. The summed E-state index contributed by atoms with van der Waals surface area (Å²) in [4.78, 5) is 4.54. The topological polar surface area (TPSA) is 66.4 Å². The van der Waals surface area contributed by atoms with Crippen LogP contribution in [0.15, 0.2) is 36.4 Å². The molecule has 5 nitrogen and oxygen atoms in total. The molecule has 0 fully saturated rings. The van der Waals surface area contributed by atoms with Crippen LogP contribution in [0.5, 0.6) is 0 Å². The van der Waals surface area contributed by atoms with Crippen molar-refractivity contribution < 1.29 is 9.84 Å². The number of aromatic nitrogens is 1. The molecule has 0 bridgehead atoms. The van der Waals surface area contributed by atoms with Gasteiger partial charge in [-0.05, 0) is 43.7 Å². The second-order valence-corrected chi connectivity index (χ2v) is 5.17. The van der Waals surface area contributed by atoms with Crippen LogP contribution >= 0.6 is 0 Å². The summed E-state index contributed by atoms with van der Waals surface area (Å²) >= 11 is 0. The maximum Gasteiger partial charge on any atom is 0.133 e. The Morgan fingerprint density at radius 3 is 2.45 bits per heavy atom. The molecule has 0 saturated carbocycles. The number of aliphatic hydroxyl groups excluding tert-OH is 1. The fourth-order valence-corrected chi connectivity index (χ4v) is 2.02. The number of aliphatic hydroxyl groups is 1. The van der Waals surface area contributed by atoms with Gasteiger partial charge in [-0.3, -0.25) is 0 Å². The molecular formula is C17H23N3O2. The van der Waals surface area contributed by atoms with E-state index in [2.05, 4.69) is 34.7 Å². The summed E-state index contributed by atoms with van der Waals surface area (Å²) in [6, 6.07) is 12.2. The van der Waals surface area contributed by atoms with Gasteiger partial charge in [0.1, 0.15) is 11.6 Å². The minimum Gasteiger partial charge on any atom is -0.394 e. The monoisotopic (exact) mass is 301 g/mol. The molecule has 0 saturated heterocycles. The van der Waals surface area contributed by atoms with Crippen LogP contribution in [0, 0.1) is 13.8 Å². The predicted octanol–water partition coefficient (Wildman–Crippen LogP) is 2.86. The molecule has 3 N–H and O–H groups in total. The van der Waals surface area contributed by atoms with Crippen molar-refractivity contribution in [1.29, 1.82) is 0 Å². The fourth-order valence-electron chi connectivity index (χ4n) is 2.02. The first-order valence-corrected chi connectivity index (χ1v) is 7.42. The zero-order valence-corrected chi connectivity index (χ0v) is 13.1. The average molecular weight is 301 g/mol. The van der Waals surface area contributed by atoms with Crippen molar-refractivity contribution in [2.45, 2.75) is 13.8 Å². The van der Waals surface area contributed by atoms with Crippen LogP contribution in [-0.2, 0) is 4.74 Å². The molecule has 0 atom stereocenters. The zero-order chi connectivity index (χ0) is 15.8. The number of hydrogen-bond acceptors (Lipinski definition) is 5. The Morgan fingerprint density at radius 1 is 1.00 bits per heavy atom. The number of rotatable bonds is 8. The summed E-state index contributed by atoms with van der Waals surface area (Å²) in [6.45, 7) is 5.71. The average Bonchev–Trinajstić information content (AvgIpc) is 2.49. The van der Waals surface area contributed by atoms with Gasteiger partial charge in [-0.15, -0.1) is 0 Å². The van der Waals surface area contributed by atoms with E-state index in [4.69, 9.17) is 9.84 Å². The molecule has 22 heavy (non-hydrogen) atoms. The SMILES string of the molecule is Cc1ccc(Nc2cc(C)cc(NCCOCCO)n2)cc1. The van der Waals surface area contributed by atoms with E-state index in [-0.39, 0.29) is 6.61 Å². The molecule has 0 aliphatic rings. The lowest BCUT2D eigenvalue weighted by molar-refractivity contribution is 0.0992. The van der Waals surface area contributed by atoms with Gasteiger partial charge in [0.15, 0.2) is 0 Å². The van der Waals surface area contributed by atoms with Gasteiger partial charge in [0.2, 0.25) is 0 Å². The highest BCUT2D eigenvalue weighted by Gasteiger charge is 2.01. The summed E-state index contributed by atoms with van der Waals surface area (Å²) in [7, 11) is 0. The number of benzene rings is 1. The van der Waals surface area contributed by atoms with E-state index >= 15 is 0 Å². The van der Waals surface area contributed by atoms with Crippen molar-refractivity contribution in [2.75, 3.05) is 37.0 Å². The Morgan fingerprint density at radius 2 is 1.73 bits per heavy atom. The first-order valence-electron chi connectivity index (χ1n) is 7.42. The van der Waals surface area contributed by atoms with Crippen LogP contribution < -0.4 is 10.6 Å². The van der Waals surface area contributed by atoms with Gasteiger partial charge in [0, 0.05) is 12.2 Å². The Hall–Kier alpha value is -2.11. The number of anilines is 3. The molecule has 5 heteroatoms. The first kappa shape index (κ1) is 16.3. The summed E-state index contributed by atoms with van der Waals surface area (Å²) in [5, 5.41) is 15.2. The number of nitrogens with one attached hydrogen (secondary N) is 2. The van der Waals surface area contributed by atoms with Crippen molar-refractivity contribution in [3.8, 4) is 0 Å². The fraction of sp³-hybridized carbons (Fsp3) is 0.353. The van der Waals surface area contributed by atoms with E-state index in [0.29, 0.717) is 19.8 Å². The van der Waals surface area contributed by atoms with Crippen LogP contribution in [0.3, 0.4) is 0 Å². The molecule has 0 amide bonds. The molecule has 1 aromatic carbocycles. The third kappa shape index (κ3) is 5.35. The molecule has 0 aliphatic carbocycles. The Balaban J connectivity index is 1.95. The van der Waals surface area contributed by atoms with E-state index in [1.807, 2.05) is 31.2 Å². The normalized spacial score (nSPS) is 10.5. The van der Waals surface area contributed by atoms with E-state index in [1.165, 1.54) is 5.56 Å². The van der Waals surface area contributed by atoms with E-state index in [1.54, 1.807) is 0 Å². The lowest BCUT2D eigenvalue weighted by Crippen LogP contribution is -2.12. The number of nitrogens with zero attached hydrogens (tertiary/aromatic N) is 1.